The molecule has 0 heterocycles. The summed E-state index contributed by atoms with van der Waals surface area (Å²) in [6, 6.07) is 10.5. The quantitative estimate of drug-likeness (QED) is 0.358. The highest BCUT2D eigenvalue weighted by Gasteiger charge is 2.32. The second-order valence-corrected chi connectivity index (χ2v) is 7.56. The van der Waals surface area contributed by atoms with Crippen LogP contribution in [0.5, 0.6) is 11.5 Å². The van der Waals surface area contributed by atoms with Gasteiger partial charge in [0.2, 0.25) is 0 Å². The third kappa shape index (κ3) is 6.34. The fourth-order valence-electron chi connectivity index (χ4n) is 2.99. The highest BCUT2D eigenvalue weighted by molar-refractivity contribution is 6.31. The van der Waals surface area contributed by atoms with Crippen LogP contribution in [0.2, 0.25) is 5.02 Å². The van der Waals surface area contributed by atoms with Gasteiger partial charge in [0.05, 0.1) is 29.0 Å². The van der Waals surface area contributed by atoms with E-state index in [1.165, 1.54) is 18.2 Å². The van der Waals surface area contributed by atoms with Crippen molar-refractivity contribution in [2.75, 3.05) is 11.9 Å². The van der Waals surface area contributed by atoms with Crippen LogP contribution in [0.3, 0.4) is 0 Å². The minimum Gasteiger partial charge on any atom is -0.507 e. The first-order chi connectivity index (χ1) is 15.8. The number of phenols is 1. The number of alkyl halides is 6. The van der Waals surface area contributed by atoms with E-state index in [0.717, 1.165) is 36.4 Å². The van der Waals surface area contributed by atoms with Crippen LogP contribution in [0.25, 0.3) is 0 Å². The zero-order chi connectivity index (χ0) is 25.1. The van der Waals surface area contributed by atoms with Gasteiger partial charge in [-0.25, -0.2) is 0 Å². The van der Waals surface area contributed by atoms with E-state index in [1.807, 2.05) is 0 Å². The number of nitrogens with one attached hydrogen (secondary N) is 1. The maximum absolute atomic E-state index is 13.2. The van der Waals surface area contributed by atoms with Gasteiger partial charge in [0.15, 0.2) is 0 Å². The number of aromatic hydroxyl groups is 1. The molecule has 0 fully saturated rings. The molecule has 0 spiro atoms. The Morgan fingerprint density at radius 3 is 2.26 bits per heavy atom. The average Bonchev–Trinajstić information content (AvgIpc) is 2.75. The fourth-order valence-corrected chi connectivity index (χ4v) is 3.16. The van der Waals surface area contributed by atoms with Crippen molar-refractivity contribution < 1.29 is 41.0 Å². The number of phenolic OH excluding ortho intramolecular Hbond substituents is 1. The Labute approximate surface area is 194 Å². The van der Waals surface area contributed by atoms with Gasteiger partial charge < -0.3 is 15.2 Å². The fraction of sp³-hybridized carbons (Fsp3) is 0.174. The summed E-state index contributed by atoms with van der Waals surface area (Å²) in [5.41, 5.74) is -2.23. The predicted octanol–water partition coefficient (Wildman–Crippen LogP) is 6.96. The predicted molar refractivity (Wildman–Crippen MR) is 113 cm³/mol. The van der Waals surface area contributed by atoms with Crippen molar-refractivity contribution in [2.45, 2.75) is 18.8 Å². The summed E-state index contributed by atoms with van der Waals surface area (Å²) in [5, 5.41) is 12.2. The molecule has 0 unspecified atom stereocenters. The molecule has 0 radical (unpaired) electrons. The molecule has 3 aromatic carbocycles. The van der Waals surface area contributed by atoms with Crippen molar-refractivity contribution in [1.29, 1.82) is 0 Å². The Balaban J connectivity index is 1.82. The molecular weight excluding hydrogens is 488 g/mol. The van der Waals surface area contributed by atoms with E-state index < -0.39 is 35.1 Å². The molecule has 0 atom stereocenters. The van der Waals surface area contributed by atoms with Gasteiger partial charge in [-0.2, -0.15) is 26.3 Å². The summed E-state index contributed by atoms with van der Waals surface area (Å²) < 4.78 is 83.6. The van der Waals surface area contributed by atoms with E-state index in [4.69, 9.17) is 16.3 Å². The molecule has 0 aliphatic rings. The van der Waals surface area contributed by atoms with E-state index in [-0.39, 0.29) is 35.1 Å². The lowest BCUT2D eigenvalue weighted by atomic mass is 10.1. The number of rotatable bonds is 6. The molecule has 0 saturated carbocycles. The Morgan fingerprint density at radius 2 is 1.59 bits per heavy atom. The first kappa shape index (κ1) is 25.2. The summed E-state index contributed by atoms with van der Waals surface area (Å²) >= 11 is 5.81. The molecule has 2 N–H and O–H groups in total. The van der Waals surface area contributed by atoms with Crippen molar-refractivity contribution in [2.24, 2.45) is 0 Å². The largest absolute Gasteiger partial charge is 0.507 e. The van der Waals surface area contributed by atoms with Crippen LogP contribution in [0.1, 0.15) is 27.0 Å². The smallest absolute Gasteiger partial charge is 0.416 e. The summed E-state index contributed by atoms with van der Waals surface area (Å²) in [6.07, 6.45) is -9.21. The first-order valence-corrected chi connectivity index (χ1v) is 10.0. The number of hydrogen-bond donors (Lipinski definition) is 2. The summed E-state index contributed by atoms with van der Waals surface area (Å²) in [4.78, 5) is 12.6. The third-order valence-corrected chi connectivity index (χ3v) is 4.90. The molecule has 180 valence electrons. The molecule has 3 rings (SSSR count). The van der Waals surface area contributed by atoms with Crippen molar-refractivity contribution in [3.63, 3.8) is 0 Å². The topological polar surface area (TPSA) is 58.6 Å². The van der Waals surface area contributed by atoms with Gasteiger partial charge in [-0.05, 0) is 48.0 Å². The first-order valence-electron chi connectivity index (χ1n) is 9.64. The summed E-state index contributed by atoms with van der Waals surface area (Å²) in [7, 11) is 0. The molecule has 0 aromatic heterocycles. The minimum atomic E-state index is -4.71. The van der Waals surface area contributed by atoms with Crippen LogP contribution in [0, 0.1) is 0 Å². The van der Waals surface area contributed by atoms with Gasteiger partial charge >= 0.3 is 12.4 Å². The molecule has 1 amide bonds. The number of halogens is 7. The standard InChI is InChI=1S/C23H16ClF6NO3/c24-16-5-6-19(32)17(12-16)21(33)31-18-11-15(23(28,29)30)4-7-20(18)34-9-8-13-2-1-3-14(10-13)22(25,26)27/h1-7,10-12,32H,8-9H2,(H,31,33). The van der Waals surface area contributed by atoms with E-state index in [1.54, 1.807) is 0 Å². The average molecular weight is 504 g/mol. The van der Waals surface area contributed by atoms with Crippen LogP contribution < -0.4 is 10.1 Å². The number of anilines is 1. The molecule has 0 saturated heterocycles. The molecule has 0 bridgehead atoms. The van der Waals surface area contributed by atoms with E-state index in [0.29, 0.717) is 11.6 Å². The Kier molecular flexibility index (Phi) is 7.30. The Morgan fingerprint density at radius 1 is 0.912 bits per heavy atom. The van der Waals surface area contributed by atoms with Gasteiger partial charge in [0.25, 0.3) is 5.91 Å². The zero-order valence-electron chi connectivity index (χ0n) is 17.1. The van der Waals surface area contributed by atoms with Gasteiger partial charge in [-0.15, -0.1) is 0 Å². The number of carbonyl (C=O) groups excluding carboxylic acids is 1. The van der Waals surface area contributed by atoms with Gasteiger partial charge in [-0.3, -0.25) is 4.79 Å². The minimum absolute atomic E-state index is 0.0212. The number of benzene rings is 3. The maximum atomic E-state index is 13.2. The lowest BCUT2D eigenvalue weighted by molar-refractivity contribution is -0.138. The van der Waals surface area contributed by atoms with Crippen LogP contribution >= 0.6 is 11.6 Å². The van der Waals surface area contributed by atoms with E-state index in [2.05, 4.69) is 5.32 Å². The molecule has 11 heteroatoms. The second-order valence-electron chi connectivity index (χ2n) is 7.12. The third-order valence-electron chi connectivity index (χ3n) is 4.66. The lowest BCUT2D eigenvalue weighted by Gasteiger charge is -2.16. The van der Waals surface area contributed by atoms with Gasteiger partial charge in [0.1, 0.15) is 11.5 Å². The normalized spacial score (nSPS) is 11.9. The number of carbonyl (C=O) groups is 1. The van der Waals surface area contributed by atoms with Crippen molar-refractivity contribution in [3.05, 3.63) is 87.9 Å². The van der Waals surface area contributed by atoms with Crippen molar-refractivity contribution >= 4 is 23.2 Å². The monoisotopic (exact) mass is 503 g/mol. The Bertz CT molecular complexity index is 1190. The number of hydrogen-bond acceptors (Lipinski definition) is 3. The highest BCUT2D eigenvalue weighted by atomic mass is 35.5. The van der Waals surface area contributed by atoms with Crippen LogP contribution in [-0.4, -0.2) is 17.6 Å². The highest BCUT2D eigenvalue weighted by Crippen LogP contribution is 2.36. The SMILES string of the molecule is O=C(Nc1cc(C(F)(F)F)ccc1OCCc1cccc(C(F)(F)F)c1)c1cc(Cl)ccc1O. The van der Waals surface area contributed by atoms with E-state index >= 15 is 0 Å². The Hall–Kier alpha value is -3.40. The number of amides is 1. The second kappa shape index (κ2) is 9.84. The number of ether oxygens (including phenoxy) is 1. The van der Waals surface area contributed by atoms with Crippen LogP contribution in [0.15, 0.2) is 60.7 Å². The van der Waals surface area contributed by atoms with Crippen molar-refractivity contribution in [1.82, 2.24) is 0 Å². The van der Waals surface area contributed by atoms with E-state index in [9.17, 15) is 36.2 Å². The molecule has 34 heavy (non-hydrogen) atoms. The summed E-state index contributed by atoms with van der Waals surface area (Å²) in [5.74, 6) is -1.53. The molecule has 0 aliphatic heterocycles. The summed E-state index contributed by atoms with van der Waals surface area (Å²) in [6.45, 7) is -0.183. The molecule has 4 nitrogen and oxygen atoms in total. The zero-order valence-corrected chi connectivity index (χ0v) is 17.9. The molecule has 0 aliphatic carbocycles. The lowest BCUT2D eigenvalue weighted by Crippen LogP contribution is -2.15. The van der Waals surface area contributed by atoms with Crippen molar-refractivity contribution in [3.8, 4) is 11.5 Å². The molecular formula is C23H16ClF6NO3. The van der Waals surface area contributed by atoms with Gasteiger partial charge in [-0.1, -0.05) is 29.8 Å². The van der Waals surface area contributed by atoms with Crippen LogP contribution in [-0.2, 0) is 18.8 Å². The molecule has 3 aromatic rings. The van der Waals surface area contributed by atoms with Crippen LogP contribution in [0.4, 0.5) is 32.0 Å². The maximum Gasteiger partial charge on any atom is 0.416 e. The van der Waals surface area contributed by atoms with Gasteiger partial charge in [0, 0.05) is 11.4 Å².